The molecule has 0 fully saturated rings. The van der Waals surface area contributed by atoms with Crippen molar-refractivity contribution in [3.8, 4) is 5.75 Å². The number of nitrogens with one attached hydrogen (secondary N) is 2. The van der Waals surface area contributed by atoms with Gasteiger partial charge in [0.1, 0.15) is 18.1 Å². The Balaban J connectivity index is 1.87. The Morgan fingerprint density at radius 1 is 1.36 bits per heavy atom. The van der Waals surface area contributed by atoms with Crippen LogP contribution in [0.1, 0.15) is 23.2 Å². The lowest BCUT2D eigenvalue weighted by molar-refractivity contribution is 0.0918. The first-order chi connectivity index (χ1) is 10.6. The Hall–Kier alpha value is -1.79. The standard InChI is InChI=1S/C16H19BrN2O3/c1-11(18-2)9-19-16(20)15-7-6-14(22-15)10-21-13-5-3-4-12(17)8-13/h3-8,11,18H,9-10H2,1-2H3,(H,19,20). The first kappa shape index (κ1) is 16.6. The average Bonchev–Trinajstić information content (AvgIpc) is 2.99. The van der Waals surface area contributed by atoms with Gasteiger partial charge in [-0.3, -0.25) is 4.79 Å². The van der Waals surface area contributed by atoms with Crippen LogP contribution in [0.5, 0.6) is 5.75 Å². The predicted octanol–water partition coefficient (Wildman–Crippen LogP) is 2.96. The number of ether oxygens (including phenoxy) is 1. The minimum absolute atomic E-state index is 0.207. The van der Waals surface area contributed by atoms with Crippen molar-refractivity contribution in [2.75, 3.05) is 13.6 Å². The van der Waals surface area contributed by atoms with E-state index >= 15 is 0 Å². The van der Waals surface area contributed by atoms with Crippen LogP contribution in [0.25, 0.3) is 0 Å². The number of likely N-dealkylation sites (N-methyl/N-ethyl adjacent to an activating group) is 1. The maximum Gasteiger partial charge on any atom is 0.287 e. The highest BCUT2D eigenvalue weighted by Crippen LogP contribution is 2.19. The zero-order valence-corrected chi connectivity index (χ0v) is 14.1. The van der Waals surface area contributed by atoms with Crippen LogP contribution >= 0.6 is 15.9 Å². The second-order valence-electron chi connectivity index (χ2n) is 4.91. The van der Waals surface area contributed by atoms with E-state index in [-0.39, 0.29) is 24.3 Å². The predicted molar refractivity (Wildman–Crippen MR) is 88.0 cm³/mol. The van der Waals surface area contributed by atoms with E-state index < -0.39 is 0 Å². The molecule has 2 rings (SSSR count). The number of rotatable bonds is 7. The minimum Gasteiger partial charge on any atom is -0.486 e. The Bertz CT molecular complexity index is 627. The van der Waals surface area contributed by atoms with Gasteiger partial charge in [-0.2, -0.15) is 0 Å². The summed E-state index contributed by atoms with van der Waals surface area (Å²) in [5.41, 5.74) is 0. The van der Waals surface area contributed by atoms with E-state index in [1.807, 2.05) is 38.2 Å². The molecular formula is C16H19BrN2O3. The highest BCUT2D eigenvalue weighted by molar-refractivity contribution is 9.10. The molecule has 1 heterocycles. The molecule has 6 heteroatoms. The molecule has 0 saturated heterocycles. The van der Waals surface area contributed by atoms with Gasteiger partial charge in [0.2, 0.25) is 0 Å². The molecule has 0 aliphatic heterocycles. The molecule has 0 radical (unpaired) electrons. The number of furan rings is 1. The van der Waals surface area contributed by atoms with Gasteiger partial charge in [-0.15, -0.1) is 0 Å². The number of carbonyl (C=O) groups excluding carboxylic acids is 1. The number of hydrogen-bond donors (Lipinski definition) is 2. The number of carbonyl (C=O) groups is 1. The van der Waals surface area contributed by atoms with Crippen molar-refractivity contribution in [3.63, 3.8) is 0 Å². The van der Waals surface area contributed by atoms with Gasteiger partial charge in [-0.25, -0.2) is 0 Å². The van der Waals surface area contributed by atoms with Gasteiger partial charge in [-0.05, 0) is 44.3 Å². The number of amides is 1. The topological polar surface area (TPSA) is 63.5 Å². The zero-order valence-electron chi connectivity index (χ0n) is 12.6. The van der Waals surface area contributed by atoms with Gasteiger partial charge < -0.3 is 19.8 Å². The molecule has 5 nitrogen and oxygen atoms in total. The molecule has 1 unspecified atom stereocenters. The van der Waals surface area contributed by atoms with Crippen LogP contribution in [0.2, 0.25) is 0 Å². The van der Waals surface area contributed by atoms with E-state index in [0.29, 0.717) is 12.3 Å². The summed E-state index contributed by atoms with van der Waals surface area (Å²) in [6.07, 6.45) is 0. The highest BCUT2D eigenvalue weighted by atomic mass is 79.9. The molecule has 0 aliphatic rings. The van der Waals surface area contributed by atoms with Crippen molar-refractivity contribution in [1.82, 2.24) is 10.6 Å². The highest BCUT2D eigenvalue weighted by Gasteiger charge is 2.12. The number of halogens is 1. The maximum atomic E-state index is 11.9. The average molecular weight is 367 g/mol. The van der Waals surface area contributed by atoms with Gasteiger partial charge in [0.05, 0.1) is 0 Å². The van der Waals surface area contributed by atoms with Crippen molar-refractivity contribution >= 4 is 21.8 Å². The third-order valence-corrected chi connectivity index (χ3v) is 3.62. The summed E-state index contributed by atoms with van der Waals surface area (Å²) in [6.45, 7) is 2.80. The van der Waals surface area contributed by atoms with Crippen molar-refractivity contribution in [2.45, 2.75) is 19.6 Å². The quantitative estimate of drug-likeness (QED) is 0.790. The molecule has 1 amide bonds. The van der Waals surface area contributed by atoms with Crippen molar-refractivity contribution in [1.29, 1.82) is 0 Å². The van der Waals surface area contributed by atoms with E-state index in [9.17, 15) is 4.79 Å². The summed E-state index contributed by atoms with van der Waals surface area (Å²) in [5.74, 6) is 1.40. The SMILES string of the molecule is CNC(C)CNC(=O)c1ccc(COc2cccc(Br)c2)o1. The lowest BCUT2D eigenvalue weighted by Crippen LogP contribution is -2.37. The molecular weight excluding hydrogens is 348 g/mol. The largest absolute Gasteiger partial charge is 0.486 e. The summed E-state index contributed by atoms with van der Waals surface area (Å²) in [5, 5.41) is 5.85. The van der Waals surface area contributed by atoms with Crippen molar-refractivity contribution in [2.24, 2.45) is 0 Å². The van der Waals surface area contributed by atoms with Crippen molar-refractivity contribution < 1.29 is 13.9 Å². The summed E-state index contributed by atoms with van der Waals surface area (Å²) >= 11 is 3.38. The van der Waals surface area contributed by atoms with Crippen molar-refractivity contribution in [3.05, 3.63) is 52.4 Å². The summed E-state index contributed by atoms with van der Waals surface area (Å²) in [7, 11) is 1.85. The zero-order chi connectivity index (χ0) is 15.9. The van der Waals surface area contributed by atoms with E-state index in [2.05, 4.69) is 26.6 Å². The van der Waals surface area contributed by atoms with E-state index in [1.165, 1.54) is 0 Å². The molecule has 0 spiro atoms. The fourth-order valence-corrected chi connectivity index (χ4v) is 2.10. The second-order valence-corrected chi connectivity index (χ2v) is 5.83. The first-order valence-electron chi connectivity index (χ1n) is 7.01. The van der Waals surface area contributed by atoms with Gasteiger partial charge >= 0.3 is 0 Å². The third-order valence-electron chi connectivity index (χ3n) is 3.12. The summed E-state index contributed by atoms with van der Waals surface area (Å²) < 4.78 is 12.1. The molecule has 0 bridgehead atoms. The Morgan fingerprint density at radius 2 is 2.18 bits per heavy atom. The Labute approximate surface area is 138 Å². The smallest absolute Gasteiger partial charge is 0.287 e. The summed E-state index contributed by atoms with van der Waals surface area (Å²) in [4.78, 5) is 11.9. The van der Waals surface area contributed by atoms with Gasteiger partial charge in [0.25, 0.3) is 5.91 Å². The Kier molecular flexibility index (Phi) is 6.03. The van der Waals surface area contributed by atoms with Crippen LogP contribution in [0.15, 0.2) is 45.3 Å². The lowest BCUT2D eigenvalue weighted by Gasteiger charge is -2.10. The molecule has 2 N–H and O–H groups in total. The third kappa shape index (κ3) is 4.89. The number of hydrogen-bond acceptors (Lipinski definition) is 4. The van der Waals surface area contributed by atoms with Gasteiger partial charge in [0.15, 0.2) is 5.76 Å². The van der Waals surface area contributed by atoms with E-state index in [4.69, 9.17) is 9.15 Å². The lowest BCUT2D eigenvalue weighted by atomic mass is 10.3. The Morgan fingerprint density at radius 3 is 2.91 bits per heavy atom. The number of benzene rings is 1. The molecule has 1 aromatic heterocycles. The second kappa shape index (κ2) is 8.00. The van der Waals surface area contributed by atoms with Crippen LogP contribution in [0.3, 0.4) is 0 Å². The van der Waals surface area contributed by atoms with Gasteiger partial charge in [-0.1, -0.05) is 22.0 Å². The molecule has 118 valence electrons. The van der Waals surface area contributed by atoms with Crippen LogP contribution in [0, 0.1) is 0 Å². The molecule has 1 atom stereocenters. The molecule has 1 aromatic carbocycles. The molecule has 0 saturated carbocycles. The van der Waals surface area contributed by atoms with Crippen LogP contribution in [-0.4, -0.2) is 25.5 Å². The first-order valence-corrected chi connectivity index (χ1v) is 7.80. The fraction of sp³-hybridized carbons (Fsp3) is 0.312. The molecule has 0 aliphatic carbocycles. The fourth-order valence-electron chi connectivity index (χ4n) is 1.72. The summed E-state index contributed by atoms with van der Waals surface area (Å²) in [6, 6.07) is 11.2. The van der Waals surface area contributed by atoms with Crippen LogP contribution < -0.4 is 15.4 Å². The van der Waals surface area contributed by atoms with Gasteiger partial charge in [0, 0.05) is 17.1 Å². The molecule has 22 heavy (non-hydrogen) atoms. The van der Waals surface area contributed by atoms with E-state index in [1.54, 1.807) is 12.1 Å². The van der Waals surface area contributed by atoms with Crippen LogP contribution in [-0.2, 0) is 6.61 Å². The minimum atomic E-state index is -0.226. The molecule has 2 aromatic rings. The van der Waals surface area contributed by atoms with Crippen LogP contribution in [0.4, 0.5) is 0 Å². The van der Waals surface area contributed by atoms with E-state index in [0.717, 1.165) is 10.2 Å². The maximum absolute atomic E-state index is 11.9. The normalized spacial score (nSPS) is 12.0. The monoisotopic (exact) mass is 366 g/mol.